The van der Waals surface area contributed by atoms with Crippen LogP contribution in [0.15, 0.2) is 48.8 Å². The van der Waals surface area contributed by atoms with Gasteiger partial charge in [-0.3, -0.25) is 0 Å². The van der Waals surface area contributed by atoms with Gasteiger partial charge in [-0.25, -0.2) is 9.37 Å². The number of imidazole rings is 1. The Hall–Kier alpha value is -2.36. The minimum absolute atomic E-state index is 0.311. The molecule has 18 heavy (non-hydrogen) atoms. The lowest BCUT2D eigenvalue weighted by atomic mass is 10.2. The highest BCUT2D eigenvalue weighted by atomic mass is 19.1. The molecule has 0 fully saturated rings. The molecule has 3 nitrogen and oxygen atoms in total. The van der Waals surface area contributed by atoms with Crippen molar-refractivity contribution >= 4 is 16.7 Å². The van der Waals surface area contributed by atoms with Gasteiger partial charge in [0.25, 0.3) is 0 Å². The molecule has 3 rings (SSSR count). The third-order valence-corrected chi connectivity index (χ3v) is 2.86. The summed E-state index contributed by atoms with van der Waals surface area (Å²) >= 11 is 0. The Balaban J connectivity index is 2.01. The molecule has 3 aromatic rings. The summed E-state index contributed by atoms with van der Waals surface area (Å²) in [7, 11) is 0. The monoisotopic (exact) mass is 241 g/mol. The summed E-state index contributed by atoms with van der Waals surface area (Å²) in [6.45, 7) is 0.558. The number of aromatic nitrogens is 2. The molecule has 2 aromatic carbocycles. The van der Waals surface area contributed by atoms with Gasteiger partial charge < -0.3 is 10.3 Å². The van der Waals surface area contributed by atoms with Crippen molar-refractivity contribution in [2.24, 2.45) is 0 Å². The molecule has 90 valence electrons. The van der Waals surface area contributed by atoms with Crippen LogP contribution >= 0.6 is 0 Å². The molecule has 0 aliphatic rings. The summed E-state index contributed by atoms with van der Waals surface area (Å²) in [5.74, 6) is -0.311. The van der Waals surface area contributed by atoms with E-state index in [4.69, 9.17) is 5.73 Å². The summed E-state index contributed by atoms with van der Waals surface area (Å²) in [6.07, 6.45) is 1.76. The fourth-order valence-corrected chi connectivity index (χ4v) is 2.10. The number of fused-ring (bicyclic) bond motifs is 1. The van der Waals surface area contributed by atoms with Gasteiger partial charge in [0.15, 0.2) is 0 Å². The van der Waals surface area contributed by atoms with E-state index in [0.717, 1.165) is 16.6 Å². The number of hydrogen-bond acceptors (Lipinski definition) is 2. The molecule has 0 atom stereocenters. The maximum Gasteiger partial charge on any atom is 0.125 e. The summed E-state index contributed by atoms with van der Waals surface area (Å²) in [5, 5.41) is 0. The average Bonchev–Trinajstić information content (AvgIpc) is 2.72. The zero-order chi connectivity index (χ0) is 12.5. The third kappa shape index (κ3) is 1.93. The first kappa shape index (κ1) is 10.8. The van der Waals surface area contributed by atoms with Gasteiger partial charge in [-0.05, 0) is 35.9 Å². The maximum atomic E-state index is 13.3. The quantitative estimate of drug-likeness (QED) is 0.701. The van der Waals surface area contributed by atoms with Gasteiger partial charge in [0.1, 0.15) is 5.82 Å². The molecule has 0 bridgehead atoms. The van der Waals surface area contributed by atoms with E-state index in [-0.39, 0.29) is 5.82 Å². The summed E-state index contributed by atoms with van der Waals surface area (Å²) in [6, 6.07) is 12.4. The first-order valence-electron chi connectivity index (χ1n) is 5.67. The van der Waals surface area contributed by atoms with Crippen LogP contribution in [0.5, 0.6) is 0 Å². The normalized spacial score (nSPS) is 10.9. The maximum absolute atomic E-state index is 13.3. The van der Waals surface area contributed by atoms with Gasteiger partial charge in [0.05, 0.1) is 17.4 Å². The molecular formula is C14H12FN3. The number of para-hydroxylation sites is 2. The first-order chi connectivity index (χ1) is 8.72. The second-order valence-electron chi connectivity index (χ2n) is 4.25. The van der Waals surface area contributed by atoms with Crippen molar-refractivity contribution in [2.75, 3.05) is 5.73 Å². The molecular weight excluding hydrogens is 229 g/mol. The van der Waals surface area contributed by atoms with Crippen LogP contribution in [0.25, 0.3) is 11.0 Å². The molecule has 0 aliphatic carbocycles. The zero-order valence-electron chi connectivity index (χ0n) is 9.68. The Labute approximate surface area is 104 Å². The molecule has 1 heterocycles. The highest BCUT2D eigenvalue weighted by Gasteiger charge is 2.04. The predicted octanol–water partition coefficient (Wildman–Crippen LogP) is 2.81. The van der Waals surface area contributed by atoms with Gasteiger partial charge in [0.2, 0.25) is 0 Å². The van der Waals surface area contributed by atoms with Crippen LogP contribution in [0.3, 0.4) is 0 Å². The number of hydrogen-bond donors (Lipinski definition) is 1. The largest absolute Gasteiger partial charge is 0.399 e. The average molecular weight is 241 g/mol. The summed E-state index contributed by atoms with van der Waals surface area (Å²) < 4.78 is 15.2. The van der Waals surface area contributed by atoms with Gasteiger partial charge >= 0.3 is 0 Å². The lowest BCUT2D eigenvalue weighted by Gasteiger charge is -2.06. The number of nitrogens with two attached hydrogens (primary N) is 1. The summed E-state index contributed by atoms with van der Waals surface area (Å²) in [4.78, 5) is 4.30. The SMILES string of the molecule is Nc1cc(F)cc(Cn2cnc3ccccc32)c1. The molecule has 0 saturated heterocycles. The van der Waals surface area contributed by atoms with E-state index in [1.165, 1.54) is 12.1 Å². The topological polar surface area (TPSA) is 43.8 Å². The van der Waals surface area contributed by atoms with Crippen molar-refractivity contribution < 1.29 is 4.39 Å². The molecule has 0 amide bonds. The Morgan fingerprint density at radius 1 is 1.17 bits per heavy atom. The van der Waals surface area contributed by atoms with Crippen LogP contribution in [-0.2, 0) is 6.54 Å². The number of anilines is 1. The smallest absolute Gasteiger partial charge is 0.125 e. The Morgan fingerprint density at radius 2 is 2.00 bits per heavy atom. The molecule has 0 spiro atoms. The Morgan fingerprint density at radius 3 is 2.83 bits per heavy atom. The van der Waals surface area contributed by atoms with Crippen molar-refractivity contribution in [2.45, 2.75) is 6.54 Å². The fraction of sp³-hybridized carbons (Fsp3) is 0.0714. The highest BCUT2D eigenvalue weighted by Crippen LogP contribution is 2.16. The molecule has 0 aliphatic heterocycles. The zero-order valence-corrected chi connectivity index (χ0v) is 9.68. The van der Waals surface area contributed by atoms with Crippen molar-refractivity contribution in [3.05, 3.63) is 60.2 Å². The van der Waals surface area contributed by atoms with Crippen LogP contribution in [0, 0.1) is 5.82 Å². The number of rotatable bonds is 2. The number of nitrogens with zero attached hydrogens (tertiary/aromatic N) is 2. The van der Waals surface area contributed by atoms with Crippen molar-refractivity contribution in [3.8, 4) is 0 Å². The van der Waals surface area contributed by atoms with E-state index in [1.807, 2.05) is 28.8 Å². The van der Waals surface area contributed by atoms with Crippen molar-refractivity contribution in [1.82, 2.24) is 9.55 Å². The standard InChI is InChI=1S/C14H12FN3/c15-11-5-10(6-12(16)7-11)8-18-9-17-13-3-1-2-4-14(13)18/h1-7,9H,8,16H2. The van der Waals surface area contributed by atoms with E-state index in [9.17, 15) is 4.39 Å². The van der Waals surface area contributed by atoms with Crippen LogP contribution in [0.1, 0.15) is 5.56 Å². The Kier molecular flexibility index (Phi) is 2.48. The van der Waals surface area contributed by atoms with E-state index >= 15 is 0 Å². The first-order valence-corrected chi connectivity index (χ1v) is 5.67. The van der Waals surface area contributed by atoms with Gasteiger partial charge in [0, 0.05) is 12.2 Å². The van der Waals surface area contributed by atoms with E-state index in [1.54, 1.807) is 12.4 Å². The molecule has 1 aromatic heterocycles. The lowest BCUT2D eigenvalue weighted by molar-refractivity contribution is 0.624. The van der Waals surface area contributed by atoms with E-state index in [0.29, 0.717) is 12.2 Å². The molecule has 2 N–H and O–H groups in total. The van der Waals surface area contributed by atoms with E-state index < -0.39 is 0 Å². The van der Waals surface area contributed by atoms with Crippen LogP contribution < -0.4 is 5.73 Å². The summed E-state index contributed by atoms with van der Waals surface area (Å²) in [5.41, 5.74) is 8.87. The molecule has 0 saturated carbocycles. The Bertz CT molecular complexity index is 683. The predicted molar refractivity (Wildman–Crippen MR) is 69.6 cm³/mol. The van der Waals surface area contributed by atoms with Crippen molar-refractivity contribution in [3.63, 3.8) is 0 Å². The number of benzene rings is 2. The minimum Gasteiger partial charge on any atom is -0.399 e. The molecule has 0 radical (unpaired) electrons. The van der Waals surface area contributed by atoms with Crippen LogP contribution in [0.2, 0.25) is 0 Å². The number of nitrogen functional groups attached to an aromatic ring is 1. The van der Waals surface area contributed by atoms with Gasteiger partial charge in [-0.2, -0.15) is 0 Å². The number of halogens is 1. The van der Waals surface area contributed by atoms with Crippen LogP contribution in [-0.4, -0.2) is 9.55 Å². The van der Waals surface area contributed by atoms with Crippen LogP contribution in [0.4, 0.5) is 10.1 Å². The second kappa shape index (κ2) is 4.14. The van der Waals surface area contributed by atoms with Gasteiger partial charge in [-0.1, -0.05) is 12.1 Å². The lowest BCUT2D eigenvalue weighted by Crippen LogP contribution is -1.99. The molecule has 4 heteroatoms. The molecule has 0 unspecified atom stereocenters. The van der Waals surface area contributed by atoms with Gasteiger partial charge in [-0.15, -0.1) is 0 Å². The fourth-order valence-electron chi connectivity index (χ4n) is 2.10. The van der Waals surface area contributed by atoms with E-state index in [2.05, 4.69) is 4.98 Å². The minimum atomic E-state index is -0.311. The van der Waals surface area contributed by atoms with Crippen molar-refractivity contribution in [1.29, 1.82) is 0 Å². The second-order valence-corrected chi connectivity index (χ2v) is 4.25. The highest BCUT2D eigenvalue weighted by molar-refractivity contribution is 5.75. The third-order valence-electron chi connectivity index (χ3n) is 2.86.